The van der Waals surface area contributed by atoms with E-state index in [9.17, 15) is 9.90 Å². The molecular formula is C16H11IN2O2. The van der Waals surface area contributed by atoms with E-state index in [1.54, 1.807) is 0 Å². The fraction of sp³-hybridized carbons (Fsp3) is 0. The third kappa shape index (κ3) is 2.82. The zero-order chi connectivity index (χ0) is 14.8. The lowest BCUT2D eigenvalue weighted by Gasteiger charge is -2.12. The number of carboxylic acid groups (broad SMARTS) is 1. The Morgan fingerprint density at radius 1 is 1.14 bits per heavy atom. The monoisotopic (exact) mass is 390 g/mol. The van der Waals surface area contributed by atoms with Crippen LogP contribution in [-0.4, -0.2) is 16.1 Å². The van der Waals surface area contributed by atoms with E-state index in [4.69, 9.17) is 0 Å². The molecule has 0 saturated heterocycles. The minimum atomic E-state index is -0.999. The Hall–Kier alpha value is -2.15. The summed E-state index contributed by atoms with van der Waals surface area (Å²) in [5.41, 5.74) is 2.33. The second kappa shape index (κ2) is 5.69. The fourth-order valence-corrected chi connectivity index (χ4v) is 2.69. The number of anilines is 2. The average molecular weight is 390 g/mol. The first-order valence-electron chi connectivity index (χ1n) is 6.29. The van der Waals surface area contributed by atoms with E-state index in [2.05, 4.69) is 32.9 Å². The first-order valence-corrected chi connectivity index (χ1v) is 7.36. The number of benzene rings is 2. The highest BCUT2D eigenvalue weighted by molar-refractivity contribution is 14.1. The molecule has 0 spiro atoms. The second-order valence-electron chi connectivity index (χ2n) is 4.50. The van der Waals surface area contributed by atoms with Crippen LogP contribution in [0.2, 0.25) is 0 Å². The van der Waals surface area contributed by atoms with Crippen molar-refractivity contribution in [3.63, 3.8) is 0 Å². The van der Waals surface area contributed by atoms with E-state index in [0.29, 0.717) is 5.69 Å². The number of nitrogens with zero attached hydrogens (tertiary/aromatic N) is 1. The Kier molecular flexibility index (Phi) is 3.74. The van der Waals surface area contributed by atoms with Crippen LogP contribution in [0.5, 0.6) is 0 Å². The number of aromatic carboxylic acids is 1. The van der Waals surface area contributed by atoms with Gasteiger partial charge in [-0.1, -0.05) is 24.3 Å². The van der Waals surface area contributed by atoms with Gasteiger partial charge in [0.1, 0.15) is 5.56 Å². The van der Waals surface area contributed by atoms with Gasteiger partial charge in [0, 0.05) is 20.8 Å². The summed E-state index contributed by atoms with van der Waals surface area (Å²) in [5.74, 6) is -0.999. The van der Waals surface area contributed by atoms with Crippen molar-refractivity contribution in [2.45, 2.75) is 0 Å². The molecule has 2 aromatic carbocycles. The summed E-state index contributed by atoms with van der Waals surface area (Å²) < 4.78 is 1.08. The fourth-order valence-electron chi connectivity index (χ4n) is 2.15. The average Bonchev–Trinajstić information content (AvgIpc) is 2.47. The SMILES string of the molecule is O=C(O)c1cnc2ccccc2c1Nc1cccc(I)c1. The molecule has 2 N–H and O–H groups in total. The van der Waals surface area contributed by atoms with Crippen LogP contribution >= 0.6 is 22.6 Å². The van der Waals surface area contributed by atoms with E-state index in [1.807, 2.05) is 48.5 Å². The maximum absolute atomic E-state index is 11.4. The number of fused-ring (bicyclic) bond motifs is 1. The molecule has 0 saturated carbocycles. The Balaban J connectivity index is 2.18. The lowest BCUT2D eigenvalue weighted by molar-refractivity contribution is 0.0697. The van der Waals surface area contributed by atoms with Gasteiger partial charge in [-0.25, -0.2) is 4.79 Å². The van der Waals surface area contributed by atoms with E-state index < -0.39 is 5.97 Å². The zero-order valence-electron chi connectivity index (χ0n) is 10.9. The minimum Gasteiger partial charge on any atom is -0.478 e. The number of para-hydroxylation sites is 1. The largest absolute Gasteiger partial charge is 0.478 e. The summed E-state index contributed by atoms with van der Waals surface area (Å²) in [6.45, 7) is 0. The van der Waals surface area contributed by atoms with Crippen molar-refractivity contribution in [2.24, 2.45) is 0 Å². The van der Waals surface area contributed by atoms with Crippen molar-refractivity contribution in [1.29, 1.82) is 0 Å². The van der Waals surface area contributed by atoms with Crippen molar-refractivity contribution < 1.29 is 9.90 Å². The lowest BCUT2D eigenvalue weighted by Crippen LogP contribution is -2.04. The molecule has 1 aromatic heterocycles. The zero-order valence-corrected chi connectivity index (χ0v) is 13.0. The van der Waals surface area contributed by atoms with E-state index in [-0.39, 0.29) is 5.56 Å². The molecule has 0 aliphatic heterocycles. The van der Waals surface area contributed by atoms with E-state index in [0.717, 1.165) is 20.2 Å². The number of rotatable bonds is 3. The Labute approximate surface area is 135 Å². The van der Waals surface area contributed by atoms with Crippen LogP contribution in [-0.2, 0) is 0 Å². The highest BCUT2D eigenvalue weighted by Crippen LogP contribution is 2.29. The van der Waals surface area contributed by atoms with Gasteiger partial charge in [0.2, 0.25) is 0 Å². The molecule has 0 bridgehead atoms. The summed E-state index contributed by atoms with van der Waals surface area (Å²) >= 11 is 2.22. The van der Waals surface area contributed by atoms with E-state index in [1.165, 1.54) is 6.20 Å². The van der Waals surface area contributed by atoms with Crippen LogP contribution in [0, 0.1) is 3.57 Å². The van der Waals surface area contributed by atoms with Gasteiger partial charge in [-0.3, -0.25) is 4.98 Å². The van der Waals surface area contributed by atoms with Crippen LogP contribution < -0.4 is 5.32 Å². The molecular weight excluding hydrogens is 379 g/mol. The third-order valence-electron chi connectivity index (χ3n) is 3.10. The van der Waals surface area contributed by atoms with Gasteiger partial charge in [-0.2, -0.15) is 0 Å². The Morgan fingerprint density at radius 2 is 1.95 bits per heavy atom. The number of hydrogen-bond acceptors (Lipinski definition) is 3. The first-order chi connectivity index (χ1) is 10.1. The maximum atomic E-state index is 11.4. The molecule has 3 aromatic rings. The van der Waals surface area contributed by atoms with Gasteiger partial charge in [0.25, 0.3) is 0 Å². The summed E-state index contributed by atoms with van der Waals surface area (Å²) in [6, 6.07) is 15.2. The van der Waals surface area contributed by atoms with Gasteiger partial charge in [0.05, 0.1) is 11.2 Å². The molecule has 4 nitrogen and oxygen atoms in total. The predicted octanol–water partition coefficient (Wildman–Crippen LogP) is 4.28. The number of pyridine rings is 1. The molecule has 21 heavy (non-hydrogen) atoms. The Bertz CT molecular complexity index is 833. The third-order valence-corrected chi connectivity index (χ3v) is 3.77. The highest BCUT2D eigenvalue weighted by Gasteiger charge is 2.14. The molecule has 0 unspecified atom stereocenters. The topological polar surface area (TPSA) is 62.2 Å². The summed E-state index contributed by atoms with van der Waals surface area (Å²) in [6.07, 6.45) is 1.39. The molecule has 5 heteroatoms. The van der Waals surface area contributed by atoms with Gasteiger partial charge in [0.15, 0.2) is 0 Å². The van der Waals surface area contributed by atoms with Crippen molar-refractivity contribution >= 4 is 50.8 Å². The number of halogens is 1. The van der Waals surface area contributed by atoms with Crippen LogP contribution in [0.4, 0.5) is 11.4 Å². The smallest absolute Gasteiger partial charge is 0.339 e. The highest BCUT2D eigenvalue weighted by atomic mass is 127. The number of nitrogens with one attached hydrogen (secondary N) is 1. The van der Waals surface area contributed by atoms with Gasteiger partial charge in [-0.15, -0.1) is 0 Å². The summed E-state index contributed by atoms with van der Waals surface area (Å²) in [7, 11) is 0. The molecule has 0 aliphatic rings. The van der Waals surface area contributed by atoms with Crippen molar-refractivity contribution in [3.8, 4) is 0 Å². The normalized spacial score (nSPS) is 10.5. The summed E-state index contributed by atoms with van der Waals surface area (Å²) in [4.78, 5) is 15.6. The Morgan fingerprint density at radius 3 is 2.71 bits per heavy atom. The number of aromatic nitrogens is 1. The molecule has 3 rings (SSSR count). The van der Waals surface area contributed by atoms with Gasteiger partial charge in [-0.05, 0) is 46.9 Å². The number of carbonyl (C=O) groups is 1. The molecule has 0 radical (unpaired) electrons. The maximum Gasteiger partial charge on any atom is 0.339 e. The van der Waals surface area contributed by atoms with Crippen LogP contribution in [0.25, 0.3) is 10.9 Å². The number of hydrogen-bond donors (Lipinski definition) is 2. The van der Waals surface area contributed by atoms with Crippen LogP contribution in [0.15, 0.2) is 54.7 Å². The molecule has 0 aliphatic carbocycles. The van der Waals surface area contributed by atoms with Crippen molar-refractivity contribution in [1.82, 2.24) is 4.98 Å². The van der Waals surface area contributed by atoms with Crippen LogP contribution in [0.3, 0.4) is 0 Å². The molecule has 0 atom stereocenters. The lowest BCUT2D eigenvalue weighted by atomic mass is 10.1. The molecule has 1 heterocycles. The summed E-state index contributed by atoms with van der Waals surface area (Å²) in [5, 5.41) is 13.4. The number of carboxylic acids is 1. The quantitative estimate of drug-likeness (QED) is 0.656. The predicted molar refractivity (Wildman–Crippen MR) is 91.1 cm³/mol. The van der Waals surface area contributed by atoms with Gasteiger partial charge >= 0.3 is 5.97 Å². The molecule has 0 fully saturated rings. The standard InChI is InChI=1S/C16H11IN2O2/c17-10-4-3-5-11(8-10)19-15-12-6-1-2-7-14(12)18-9-13(15)16(20)21/h1-9H,(H,18,19)(H,20,21). The van der Waals surface area contributed by atoms with Crippen LogP contribution in [0.1, 0.15) is 10.4 Å². The minimum absolute atomic E-state index is 0.160. The first kappa shape index (κ1) is 13.8. The van der Waals surface area contributed by atoms with Crippen molar-refractivity contribution in [3.05, 3.63) is 63.9 Å². The van der Waals surface area contributed by atoms with Crippen molar-refractivity contribution in [2.75, 3.05) is 5.32 Å². The second-order valence-corrected chi connectivity index (χ2v) is 5.75. The molecule has 0 amide bonds. The van der Waals surface area contributed by atoms with Gasteiger partial charge < -0.3 is 10.4 Å². The molecule has 104 valence electrons. The van der Waals surface area contributed by atoms with E-state index >= 15 is 0 Å².